The number of alkyl halides is 3. The van der Waals surface area contributed by atoms with Gasteiger partial charge in [-0.25, -0.2) is 4.39 Å². The maximum atomic E-state index is 13.3. The Kier molecular flexibility index (Phi) is 4.63. The minimum absolute atomic E-state index is 0.340. The van der Waals surface area contributed by atoms with Crippen molar-refractivity contribution in [2.75, 3.05) is 0 Å². The maximum absolute atomic E-state index is 13.3. The second kappa shape index (κ2) is 5.50. The van der Waals surface area contributed by atoms with Crippen LogP contribution in [0.3, 0.4) is 0 Å². The predicted molar refractivity (Wildman–Crippen MR) is 66.9 cm³/mol. The highest BCUT2D eigenvalue weighted by Crippen LogP contribution is 2.30. The third kappa shape index (κ3) is 4.50. The highest BCUT2D eigenvalue weighted by Gasteiger charge is 2.31. The van der Waals surface area contributed by atoms with Crippen molar-refractivity contribution in [1.29, 1.82) is 0 Å². The van der Waals surface area contributed by atoms with Gasteiger partial charge in [-0.2, -0.15) is 13.2 Å². The fraction of sp³-hybridized carbons (Fsp3) is 0.417. The zero-order chi connectivity index (χ0) is 14.8. The molecule has 1 rings (SSSR count). The summed E-state index contributed by atoms with van der Waals surface area (Å²) in [6, 6.07) is 2.00. The van der Waals surface area contributed by atoms with Gasteiger partial charge in [-0.3, -0.25) is 0 Å². The van der Waals surface area contributed by atoms with E-state index in [0.29, 0.717) is 18.2 Å². The van der Waals surface area contributed by atoms with Crippen LogP contribution in [-0.2, 0) is 17.5 Å². The highest BCUT2D eigenvalue weighted by atomic mass is 32.2. The lowest BCUT2D eigenvalue weighted by Gasteiger charge is -2.17. The Balaban J connectivity index is 3.05. The summed E-state index contributed by atoms with van der Waals surface area (Å²) in [6.07, 6.45) is -3.69. The Labute approximate surface area is 111 Å². The molecule has 2 nitrogen and oxygen atoms in total. The molecule has 0 aliphatic heterocycles. The molecule has 1 aromatic rings. The largest absolute Gasteiger partial charge is 0.591 e. The molecule has 19 heavy (non-hydrogen) atoms. The smallest absolute Gasteiger partial charge is 0.416 e. The van der Waals surface area contributed by atoms with Crippen LogP contribution in [0, 0.1) is 5.82 Å². The number of hydrogen-bond acceptors (Lipinski definition) is 2. The Morgan fingerprint density at radius 3 is 2.26 bits per heavy atom. The molecule has 0 saturated carbocycles. The normalized spacial score (nSPS) is 14.9. The van der Waals surface area contributed by atoms with Gasteiger partial charge in [0.15, 0.2) is 0 Å². The summed E-state index contributed by atoms with van der Waals surface area (Å²) in [5.74, 6) is -0.845. The minimum Gasteiger partial charge on any atom is -0.591 e. The standard InChI is InChI=1S/C12H13F4NOS/c1-11(2,3)19(18)17-7-8-6-9(12(14,15)16)4-5-10(8)13/h4-7H,1-3H3. The van der Waals surface area contributed by atoms with Gasteiger partial charge in [0, 0.05) is 5.56 Å². The molecule has 0 saturated heterocycles. The Bertz CT molecular complexity index is 480. The second-order valence-electron chi connectivity index (χ2n) is 4.83. The maximum Gasteiger partial charge on any atom is 0.416 e. The number of hydrogen-bond donors (Lipinski definition) is 0. The summed E-state index contributed by atoms with van der Waals surface area (Å²) in [5.41, 5.74) is -1.32. The summed E-state index contributed by atoms with van der Waals surface area (Å²) >= 11 is -1.65. The molecule has 1 atom stereocenters. The zero-order valence-corrected chi connectivity index (χ0v) is 11.4. The van der Waals surface area contributed by atoms with Crippen LogP contribution in [0.25, 0.3) is 0 Å². The summed E-state index contributed by atoms with van der Waals surface area (Å²) < 4.78 is 65.3. The number of nitrogens with zero attached hydrogens (tertiary/aromatic N) is 1. The Morgan fingerprint density at radius 2 is 1.79 bits per heavy atom. The molecular formula is C12H13F4NOS. The number of halogens is 4. The zero-order valence-electron chi connectivity index (χ0n) is 10.6. The van der Waals surface area contributed by atoms with E-state index in [1.54, 1.807) is 20.8 Å². The molecule has 0 aliphatic carbocycles. The fourth-order valence-corrected chi connectivity index (χ4v) is 1.61. The van der Waals surface area contributed by atoms with Gasteiger partial charge in [0.05, 0.1) is 11.8 Å². The predicted octanol–water partition coefficient (Wildman–Crippen LogP) is 3.73. The van der Waals surface area contributed by atoms with E-state index in [9.17, 15) is 22.1 Å². The molecular weight excluding hydrogens is 282 g/mol. The van der Waals surface area contributed by atoms with E-state index in [2.05, 4.69) is 4.40 Å². The van der Waals surface area contributed by atoms with Gasteiger partial charge in [0.2, 0.25) is 0 Å². The van der Waals surface area contributed by atoms with Gasteiger partial charge in [-0.05, 0) is 39.0 Å². The summed E-state index contributed by atoms with van der Waals surface area (Å²) in [4.78, 5) is 0. The van der Waals surface area contributed by atoms with Crippen molar-refractivity contribution in [3.05, 3.63) is 35.1 Å². The molecule has 7 heteroatoms. The average Bonchev–Trinajstić information content (AvgIpc) is 2.24. The van der Waals surface area contributed by atoms with E-state index in [0.717, 1.165) is 6.21 Å². The van der Waals surface area contributed by atoms with Gasteiger partial charge in [0.25, 0.3) is 0 Å². The topological polar surface area (TPSA) is 35.4 Å². The lowest BCUT2D eigenvalue weighted by Crippen LogP contribution is -2.25. The molecule has 0 amide bonds. The number of benzene rings is 1. The van der Waals surface area contributed by atoms with Gasteiger partial charge in [-0.1, -0.05) is 4.40 Å². The van der Waals surface area contributed by atoms with E-state index in [-0.39, 0.29) is 5.56 Å². The summed E-state index contributed by atoms with van der Waals surface area (Å²) in [5, 5.41) is 0. The van der Waals surface area contributed by atoms with Crippen molar-refractivity contribution in [3.8, 4) is 0 Å². The van der Waals surface area contributed by atoms with Crippen molar-refractivity contribution >= 4 is 17.6 Å². The Morgan fingerprint density at radius 1 is 1.21 bits per heavy atom. The van der Waals surface area contributed by atoms with E-state index >= 15 is 0 Å². The third-order valence-electron chi connectivity index (χ3n) is 2.13. The molecule has 0 N–H and O–H groups in total. The van der Waals surface area contributed by atoms with E-state index in [1.165, 1.54) is 0 Å². The molecule has 1 unspecified atom stereocenters. The molecule has 0 fully saturated rings. The first-order valence-electron chi connectivity index (χ1n) is 5.34. The Hall–Kier alpha value is -1.08. The van der Waals surface area contributed by atoms with Crippen LogP contribution < -0.4 is 0 Å². The van der Waals surface area contributed by atoms with E-state index in [4.69, 9.17) is 0 Å². The second-order valence-corrected chi connectivity index (χ2v) is 6.76. The van der Waals surface area contributed by atoms with Crippen LogP contribution >= 0.6 is 0 Å². The quantitative estimate of drug-likeness (QED) is 0.465. The molecule has 1 aromatic carbocycles. The summed E-state index contributed by atoms with van der Waals surface area (Å²) in [6.45, 7) is 4.97. The molecule has 0 aliphatic rings. The van der Waals surface area contributed by atoms with Crippen LogP contribution in [0.5, 0.6) is 0 Å². The fourth-order valence-electron chi connectivity index (χ4n) is 1.08. The number of rotatable bonds is 2. The van der Waals surface area contributed by atoms with Crippen molar-refractivity contribution in [1.82, 2.24) is 0 Å². The van der Waals surface area contributed by atoms with Crippen LogP contribution in [0.2, 0.25) is 0 Å². The van der Waals surface area contributed by atoms with Gasteiger partial charge in [-0.15, -0.1) is 0 Å². The lowest BCUT2D eigenvalue weighted by atomic mass is 10.1. The first-order chi connectivity index (χ1) is 8.51. The molecule has 0 radical (unpaired) electrons. The molecule has 0 bridgehead atoms. The van der Waals surface area contributed by atoms with Crippen molar-refractivity contribution in [3.63, 3.8) is 0 Å². The average molecular weight is 295 g/mol. The van der Waals surface area contributed by atoms with E-state index in [1.807, 2.05) is 0 Å². The van der Waals surface area contributed by atoms with Gasteiger partial charge >= 0.3 is 6.18 Å². The highest BCUT2D eigenvalue weighted by molar-refractivity contribution is 7.91. The van der Waals surface area contributed by atoms with Crippen LogP contribution in [-0.4, -0.2) is 15.5 Å². The first-order valence-corrected chi connectivity index (χ1v) is 6.45. The molecule has 106 valence electrons. The monoisotopic (exact) mass is 295 g/mol. The lowest BCUT2D eigenvalue weighted by molar-refractivity contribution is -0.137. The molecule has 0 spiro atoms. The van der Waals surface area contributed by atoms with Crippen molar-refractivity contribution in [2.24, 2.45) is 4.40 Å². The van der Waals surface area contributed by atoms with Crippen LogP contribution in [0.15, 0.2) is 22.6 Å². The van der Waals surface area contributed by atoms with Gasteiger partial charge in [0.1, 0.15) is 21.9 Å². The minimum atomic E-state index is -4.56. The van der Waals surface area contributed by atoms with Crippen LogP contribution in [0.4, 0.5) is 17.6 Å². The van der Waals surface area contributed by atoms with Crippen LogP contribution in [0.1, 0.15) is 31.9 Å². The molecule has 0 heterocycles. The first kappa shape index (κ1) is 16.0. The molecule has 0 aromatic heterocycles. The SMILES string of the molecule is CC(C)(C)[S+]([O-])N=Cc1cc(C(F)(F)F)ccc1F. The van der Waals surface area contributed by atoms with Crippen molar-refractivity contribution in [2.45, 2.75) is 31.7 Å². The van der Waals surface area contributed by atoms with Gasteiger partial charge < -0.3 is 4.55 Å². The van der Waals surface area contributed by atoms with Crippen molar-refractivity contribution < 1.29 is 22.1 Å². The summed E-state index contributed by atoms with van der Waals surface area (Å²) in [7, 11) is 0. The third-order valence-corrected chi connectivity index (χ3v) is 3.48. The van der Waals surface area contributed by atoms with E-state index < -0.39 is 33.7 Å².